The number of hydrogen-bond acceptors (Lipinski definition) is 2. The van der Waals surface area contributed by atoms with Gasteiger partial charge in [-0.25, -0.2) is 0 Å². The van der Waals surface area contributed by atoms with E-state index >= 15 is 0 Å². The number of nitrogens with two attached hydrogens (primary N) is 1. The van der Waals surface area contributed by atoms with Crippen LogP contribution in [-0.2, 0) is 13.0 Å². The number of fused-ring (bicyclic) bond motifs is 1. The van der Waals surface area contributed by atoms with Gasteiger partial charge in [-0.15, -0.1) is 11.3 Å². The van der Waals surface area contributed by atoms with Crippen LogP contribution in [0, 0.1) is 0 Å². The predicted octanol–water partition coefficient (Wildman–Crippen LogP) is 4.80. The third-order valence-corrected chi connectivity index (χ3v) is 5.40. The van der Waals surface area contributed by atoms with Crippen molar-refractivity contribution in [3.05, 3.63) is 56.8 Å². The minimum absolute atomic E-state index is 0.780. The summed E-state index contributed by atoms with van der Waals surface area (Å²) in [5, 5.41) is 3.52. The van der Waals surface area contributed by atoms with Crippen LogP contribution >= 0.6 is 27.3 Å². The Labute approximate surface area is 137 Å². The van der Waals surface area contributed by atoms with Crippen molar-refractivity contribution in [2.45, 2.75) is 25.8 Å². The number of unbranched alkanes of at least 4 members (excludes halogenated alkanes) is 1. The van der Waals surface area contributed by atoms with Gasteiger partial charge in [-0.2, -0.15) is 0 Å². The molecule has 0 atom stereocenters. The molecule has 2 N–H and O–H groups in total. The Balaban J connectivity index is 1.90. The van der Waals surface area contributed by atoms with Gasteiger partial charge < -0.3 is 10.3 Å². The van der Waals surface area contributed by atoms with Crippen LogP contribution in [0.2, 0.25) is 0 Å². The number of aromatic nitrogens is 1. The lowest BCUT2D eigenvalue weighted by atomic mass is 10.1. The molecule has 0 aliphatic rings. The summed E-state index contributed by atoms with van der Waals surface area (Å²) in [6, 6.07) is 10.9. The molecule has 3 rings (SSSR count). The SMILES string of the molecule is NCCCCc1cn(Cc2cc(Br)cs2)c2ccccc12. The first-order chi connectivity index (χ1) is 10.3. The van der Waals surface area contributed by atoms with E-state index in [-0.39, 0.29) is 0 Å². The van der Waals surface area contributed by atoms with Crippen LogP contribution in [0.15, 0.2) is 46.4 Å². The Kier molecular flexibility index (Phi) is 4.78. The number of rotatable bonds is 6. The normalized spacial score (nSPS) is 11.3. The first-order valence-electron chi connectivity index (χ1n) is 7.27. The molecule has 21 heavy (non-hydrogen) atoms. The molecule has 3 aromatic rings. The average Bonchev–Trinajstić information content (AvgIpc) is 3.05. The van der Waals surface area contributed by atoms with Crippen molar-refractivity contribution in [3.8, 4) is 0 Å². The smallest absolute Gasteiger partial charge is 0.0569 e. The summed E-state index contributed by atoms with van der Waals surface area (Å²) in [6.45, 7) is 1.72. The monoisotopic (exact) mass is 362 g/mol. The minimum atomic E-state index is 0.780. The number of hydrogen-bond donors (Lipinski definition) is 1. The number of aryl methyl sites for hydroxylation is 1. The summed E-state index contributed by atoms with van der Waals surface area (Å²) in [5.74, 6) is 0. The highest BCUT2D eigenvalue weighted by atomic mass is 79.9. The summed E-state index contributed by atoms with van der Waals surface area (Å²) < 4.78 is 3.54. The summed E-state index contributed by atoms with van der Waals surface area (Å²) in [7, 11) is 0. The van der Waals surface area contributed by atoms with Crippen molar-refractivity contribution in [1.82, 2.24) is 4.57 Å². The van der Waals surface area contributed by atoms with Crippen LogP contribution in [0.1, 0.15) is 23.3 Å². The number of nitrogens with zero attached hydrogens (tertiary/aromatic N) is 1. The second-order valence-corrected chi connectivity index (χ2v) is 7.19. The van der Waals surface area contributed by atoms with Gasteiger partial charge >= 0.3 is 0 Å². The van der Waals surface area contributed by atoms with Crippen LogP contribution in [-0.4, -0.2) is 11.1 Å². The number of thiophene rings is 1. The Morgan fingerprint density at radius 1 is 1.19 bits per heavy atom. The van der Waals surface area contributed by atoms with Gasteiger partial charge in [0.1, 0.15) is 0 Å². The molecule has 1 aromatic carbocycles. The molecule has 0 amide bonds. The maximum absolute atomic E-state index is 5.61. The van der Waals surface area contributed by atoms with E-state index in [1.54, 1.807) is 11.3 Å². The van der Waals surface area contributed by atoms with Gasteiger partial charge in [0.2, 0.25) is 0 Å². The van der Waals surface area contributed by atoms with E-state index in [0.29, 0.717) is 0 Å². The zero-order valence-corrected chi connectivity index (χ0v) is 14.3. The Hall–Kier alpha value is -1.10. The van der Waals surface area contributed by atoms with E-state index in [9.17, 15) is 0 Å². The summed E-state index contributed by atoms with van der Waals surface area (Å²) >= 11 is 5.33. The second-order valence-electron chi connectivity index (χ2n) is 5.28. The lowest BCUT2D eigenvalue weighted by molar-refractivity contribution is 0.742. The molecule has 0 radical (unpaired) electrons. The predicted molar refractivity (Wildman–Crippen MR) is 95.1 cm³/mol. The summed E-state index contributed by atoms with van der Waals surface area (Å²) in [5.41, 5.74) is 8.37. The van der Waals surface area contributed by atoms with Gasteiger partial charge in [0.25, 0.3) is 0 Å². The van der Waals surface area contributed by atoms with Gasteiger partial charge in [-0.1, -0.05) is 18.2 Å². The van der Waals surface area contributed by atoms with E-state index < -0.39 is 0 Å². The molecule has 0 saturated heterocycles. The first kappa shape index (κ1) is 14.8. The van der Waals surface area contributed by atoms with Gasteiger partial charge in [-0.3, -0.25) is 0 Å². The number of benzene rings is 1. The fourth-order valence-corrected chi connectivity index (χ4v) is 4.17. The Morgan fingerprint density at radius 3 is 2.81 bits per heavy atom. The standard InChI is InChI=1S/C17H19BrN2S/c18-14-9-15(21-12-14)11-20-10-13(5-3-4-8-19)16-6-1-2-7-17(16)20/h1-2,6-7,9-10,12H,3-5,8,11,19H2. The van der Waals surface area contributed by atoms with E-state index in [2.05, 4.69) is 62.4 Å². The van der Waals surface area contributed by atoms with Crippen molar-refractivity contribution in [3.63, 3.8) is 0 Å². The highest BCUT2D eigenvalue weighted by Gasteiger charge is 2.09. The van der Waals surface area contributed by atoms with E-state index in [1.807, 2.05) is 0 Å². The molecule has 110 valence electrons. The van der Waals surface area contributed by atoms with Gasteiger partial charge in [0.15, 0.2) is 0 Å². The lowest BCUT2D eigenvalue weighted by Crippen LogP contribution is -1.99. The highest BCUT2D eigenvalue weighted by Crippen LogP contribution is 2.26. The van der Waals surface area contributed by atoms with Crippen molar-refractivity contribution >= 4 is 38.2 Å². The number of para-hydroxylation sites is 1. The van der Waals surface area contributed by atoms with E-state index in [1.165, 1.54) is 25.8 Å². The molecule has 2 nitrogen and oxygen atoms in total. The van der Waals surface area contributed by atoms with Gasteiger partial charge in [0, 0.05) is 31.8 Å². The van der Waals surface area contributed by atoms with Crippen molar-refractivity contribution in [2.75, 3.05) is 6.54 Å². The Morgan fingerprint density at radius 2 is 2.05 bits per heavy atom. The van der Waals surface area contributed by atoms with Crippen molar-refractivity contribution < 1.29 is 0 Å². The maximum atomic E-state index is 5.61. The van der Waals surface area contributed by atoms with E-state index in [0.717, 1.165) is 32.4 Å². The van der Waals surface area contributed by atoms with E-state index in [4.69, 9.17) is 5.73 Å². The summed E-state index contributed by atoms with van der Waals surface area (Å²) in [6.07, 6.45) is 5.68. The fraction of sp³-hybridized carbons (Fsp3) is 0.294. The quantitative estimate of drug-likeness (QED) is 0.627. The second kappa shape index (κ2) is 6.77. The van der Waals surface area contributed by atoms with Crippen LogP contribution in [0.3, 0.4) is 0 Å². The summed E-state index contributed by atoms with van der Waals surface area (Å²) in [4.78, 5) is 1.37. The molecule has 0 spiro atoms. The molecule has 0 saturated carbocycles. The van der Waals surface area contributed by atoms with Crippen molar-refractivity contribution in [2.24, 2.45) is 5.73 Å². The third kappa shape index (κ3) is 3.39. The van der Waals surface area contributed by atoms with Gasteiger partial charge in [0.05, 0.1) is 6.54 Å². The molecule has 0 fully saturated rings. The fourth-order valence-electron chi connectivity index (χ4n) is 2.72. The molecular formula is C17H19BrN2S. The van der Waals surface area contributed by atoms with Crippen LogP contribution in [0.4, 0.5) is 0 Å². The third-order valence-electron chi connectivity index (χ3n) is 3.72. The molecule has 2 heterocycles. The maximum Gasteiger partial charge on any atom is 0.0569 e. The van der Waals surface area contributed by atoms with Crippen LogP contribution < -0.4 is 5.73 Å². The van der Waals surface area contributed by atoms with Crippen molar-refractivity contribution in [1.29, 1.82) is 0 Å². The molecule has 0 unspecified atom stereocenters. The molecule has 4 heteroatoms. The zero-order valence-electron chi connectivity index (χ0n) is 11.9. The molecule has 2 aromatic heterocycles. The van der Waals surface area contributed by atoms with Gasteiger partial charge in [-0.05, 0) is 59.4 Å². The highest BCUT2D eigenvalue weighted by molar-refractivity contribution is 9.10. The average molecular weight is 363 g/mol. The largest absolute Gasteiger partial charge is 0.342 e. The lowest BCUT2D eigenvalue weighted by Gasteiger charge is -2.02. The minimum Gasteiger partial charge on any atom is -0.342 e. The zero-order chi connectivity index (χ0) is 14.7. The molecular weight excluding hydrogens is 344 g/mol. The Bertz CT molecular complexity index is 729. The molecule has 0 bridgehead atoms. The topological polar surface area (TPSA) is 30.9 Å². The number of halogens is 1. The molecule has 0 aliphatic heterocycles. The van der Waals surface area contributed by atoms with Crippen LogP contribution in [0.25, 0.3) is 10.9 Å². The molecule has 0 aliphatic carbocycles. The van der Waals surface area contributed by atoms with Crippen LogP contribution in [0.5, 0.6) is 0 Å². The first-order valence-corrected chi connectivity index (χ1v) is 8.95.